The van der Waals surface area contributed by atoms with Crippen molar-refractivity contribution >= 4 is 80.9 Å². The molecule has 2 aromatic heterocycles. The molecule has 4 atom stereocenters. The van der Waals surface area contributed by atoms with Crippen LogP contribution in [0.1, 0.15) is 180 Å². The van der Waals surface area contributed by atoms with Crippen LogP contribution in [0.3, 0.4) is 0 Å². The maximum absolute atomic E-state index is 2.66. The predicted molar refractivity (Wildman–Crippen MR) is 268 cm³/mol. The number of hydrogen-bond donors (Lipinski definition) is 0. The smallest absolute Gasteiger partial charge is 0.0486 e. The Labute approximate surface area is 369 Å². The molecule has 0 fully saturated rings. The van der Waals surface area contributed by atoms with Crippen LogP contribution in [0.4, 0.5) is 0 Å². The molecule has 2 heterocycles. The number of benzene rings is 1. The van der Waals surface area contributed by atoms with E-state index >= 15 is 0 Å². The van der Waals surface area contributed by atoms with E-state index in [2.05, 4.69) is 137 Å². The fraction of sp³-hybridized carbons (Fsp3) is 0.640. The molecule has 2 aliphatic rings. The average molecular weight is 868 g/mol. The third-order valence-corrected chi connectivity index (χ3v) is 20.2. The molecule has 0 nitrogen and oxygen atoms in total. The van der Waals surface area contributed by atoms with Gasteiger partial charge in [-0.05, 0) is 95.5 Å². The van der Waals surface area contributed by atoms with Gasteiger partial charge in [0.15, 0.2) is 0 Å². The summed E-state index contributed by atoms with van der Waals surface area (Å²) in [6, 6.07) is 10.2. The molecule has 1 aromatic carbocycles. The number of thiophene rings is 2. The summed E-state index contributed by atoms with van der Waals surface area (Å²) < 4.78 is 3.19. The molecule has 4 unspecified atom stereocenters. The van der Waals surface area contributed by atoms with Gasteiger partial charge in [0.25, 0.3) is 0 Å². The highest BCUT2D eigenvalue weighted by Gasteiger charge is 2.35. The molecule has 56 heavy (non-hydrogen) atoms. The van der Waals surface area contributed by atoms with Crippen LogP contribution in [0.5, 0.6) is 0 Å². The molecule has 0 aliphatic heterocycles. The molecule has 6 heteroatoms. The molecule has 0 saturated heterocycles. The van der Waals surface area contributed by atoms with Gasteiger partial charge in [-0.2, -0.15) is 0 Å². The van der Waals surface area contributed by atoms with Crippen LogP contribution in [0, 0.1) is 23.7 Å². The lowest BCUT2D eigenvalue weighted by Crippen LogP contribution is -2.05. The molecule has 0 N–H and O–H groups in total. The Morgan fingerprint density at radius 1 is 0.429 bits per heavy atom. The number of rotatable bonds is 28. The Kier molecular flexibility index (Phi) is 20.5. The second kappa shape index (κ2) is 24.7. The molecule has 5 rings (SSSR count). The summed E-state index contributed by atoms with van der Waals surface area (Å²) in [4.78, 5) is 3.00. The molecule has 0 amide bonds. The van der Waals surface area contributed by atoms with Gasteiger partial charge in [0.1, 0.15) is 0 Å². The van der Waals surface area contributed by atoms with Gasteiger partial charge in [0, 0.05) is 74.6 Å². The summed E-state index contributed by atoms with van der Waals surface area (Å²) in [7, 11) is 0. The highest BCUT2D eigenvalue weighted by molar-refractivity contribution is 8.23. The largest absolute Gasteiger partial charge is 0.143 e. The minimum Gasteiger partial charge on any atom is -0.143 e. The van der Waals surface area contributed by atoms with E-state index in [1.807, 2.05) is 22.7 Å². The van der Waals surface area contributed by atoms with Crippen molar-refractivity contribution < 1.29 is 0 Å². The predicted octanol–water partition coefficient (Wildman–Crippen LogP) is 19.0. The molecular formula is C50H74S6. The Morgan fingerprint density at radius 2 is 0.732 bits per heavy atom. The summed E-state index contributed by atoms with van der Waals surface area (Å²) in [5, 5.41) is 4.74. The first-order chi connectivity index (χ1) is 27.5. The fourth-order valence-corrected chi connectivity index (χ4v) is 16.3. The van der Waals surface area contributed by atoms with E-state index in [4.69, 9.17) is 0 Å². The number of unbranched alkanes of at least 4 members (excludes halogenated alkanes) is 4. The minimum atomic E-state index is 0.791. The summed E-state index contributed by atoms with van der Waals surface area (Å²) in [5.74, 6) is 8.12. The second-order valence-corrected chi connectivity index (χ2v) is 23.0. The third-order valence-electron chi connectivity index (χ3n) is 12.4. The zero-order valence-corrected chi connectivity index (χ0v) is 41.3. The zero-order chi connectivity index (χ0) is 39.9. The van der Waals surface area contributed by atoms with Gasteiger partial charge in [-0.25, -0.2) is 0 Å². The molecule has 0 bridgehead atoms. The van der Waals surface area contributed by atoms with Crippen molar-refractivity contribution in [1.29, 1.82) is 0 Å². The van der Waals surface area contributed by atoms with Crippen LogP contribution in [0.25, 0.3) is 32.0 Å². The van der Waals surface area contributed by atoms with Gasteiger partial charge < -0.3 is 0 Å². The van der Waals surface area contributed by atoms with Crippen molar-refractivity contribution in [1.82, 2.24) is 0 Å². The molecule has 0 spiro atoms. The Balaban J connectivity index is 1.61. The van der Waals surface area contributed by atoms with Gasteiger partial charge in [-0.3, -0.25) is 0 Å². The number of hydrogen-bond acceptors (Lipinski definition) is 6. The van der Waals surface area contributed by atoms with Crippen LogP contribution in [0.2, 0.25) is 0 Å². The van der Waals surface area contributed by atoms with E-state index in [1.54, 1.807) is 19.6 Å². The number of fused-ring (bicyclic) bond motifs is 6. The standard InChI is InChI=1S/C50H74S6/c1-9-17-21-35(13-5)31-53-49(54-32-36(14-6)22-18-10-2)45-39-25-27-51-47(39)43-30-42-44(29-41(43)45)48-40(26-28-52-48)46(42)50(55-33-37(15-7)23-19-11-3)56-34-38(16-8)24-20-12-4/h25-30,35-38H,9-24,31-34H2,1-8H3. The molecule has 3 aromatic rings. The van der Waals surface area contributed by atoms with Crippen molar-refractivity contribution in [3.63, 3.8) is 0 Å². The molecule has 310 valence electrons. The lowest BCUT2D eigenvalue weighted by molar-refractivity contribution is 0.499. The highest BCUT2D eigenvalue weighted by atomic mass is 32.2. The first kappa shape index (κ1) is 46.6. The Bertz CT molecular complexity index is 1520. The van der Waals surface area contributed by atoms with E-state index in [-0.39, 0.29) is 0 Å². The van der Waals surface area contributed by atoms with E-state index < -0.39 is 0 Å². The first-order valence-corrected chi connectivity index (χ1v) is 28.5. The van der Waals surface area contributed by atoms with Crippen LogP contribution in [-0.4, -0.2) is 23.0 Å². The SMILES string of the molecule is CCCCC(CC)CSC(SCC(CC)CCCC)=C1c2cc3c(cc2-c2sccc21)C(=C(SCC(CC)CCCC)SCC(CC)CCCC)c1ccsc1-3. The van der Waals surface area contributed by atoms with Crippen molar-refractivity contribution in [2.75, 3.05) is 23.0 Å². The highest BCUT2D eigenvalue weighted by Crippen LogP contribution is 2.59. The van der Waals surface area contributed by atoms with Crippen LogP contribution in [0.15, 0.2) is 43.5 Å². The van der Waals surface area contributed by atoms with Crippen molar-refractivity contribution in [3.05, 3.63) is 65.8 Å². The first-order valence-electron chi connectivity index (χ1n) is 22.8. The maximum atomic E-state index is 2.66. The normalized spacial score (nSPS) is 15.1. The summed E-state index contributed by atoms with van der Waals surface area (Å²) in [5.41, 5.74) is 12.1. The number of thioether (sulfide) groups is 4. The summed E-state index contributed by atoms with van der Waals surface area (Å²) in [6.07, 6.45) is 21.2. The maximum Gasteiger partial charge on any atom is 0.0486 e. The summed E-state index contributed by atoms with van der Waals surface area (Å²) in [6.45, 7) is 19.1. The molecular weight excluding hydrogens is 793 g/mol. The van der Waals surface area contributed by atoms with Crippen LogP contribution in [-0.2, 0) is 0 Å². The van der Waals surface area contributed by atoms with Crippen LogP contribution < -0.4 is 0 Å². The Morgan fingerprint density at radius 3 is 1.00 bits per heavy atom. The van der Waals surface area contributed by atoms with Crippen molar-refractivity contribution in [3.8, 4) is 20.9 Å². The Hall–Kier alpha value is -0.500. The van der Waals surface area contributed by atoms with E-state index in [1.165, 1.54) is 169 Å². The fourth-order valence-electron chi connectivity index (χ4n) is 8.29. The van der Waals surface area contributed by atoms with Gasteiger partial charge in [0.2, 0.25) is 0 Å². The zero-order valence-electron chi connectivity index (χ0n) is 36.4. The van der Waals surface area contributed by atoms with Gasteiger partial charge in [0.05, 0.1) is 0 Å². The monoisotopic (exact) mass is 866 g/mol. The van der Waals surface area contributed by atoms with Gasteiger partial charge >= 0.3 is 0 Å². The van der Waals surface area contributed by atoms with Gasteiger partial charge in [-0.1, -0.05) is 132 Å². The third kappa shape index (κ3) is 11.9. The lowest BCUT2D eigenvalue weighted by Gasteiger charge is -2.21. The van der Waals surface area contributed by atoms with Crippen LogP contribution >= 0.6 is 69.7 Å². The van der Waals surface area contributed by atoms with E-state index in [9.17, 15) is 0 Å². The van der Waals surface area contributed by atoms with Gasteiger partial charge in [-0.15, -0.1) is 69.7 Å². The van der Waals surface area contributed by atoms with E-state index in [0.29, 0.717) is 0 Å². The topological polar surface area (TPSA) is 0 Å². The molecule has 0 radical (unpaired) electrons. The lowest BCUT2D eigenvalue weighted by atomic mass is 9.98. The summed E-state index contributed by atoms with van der Waals surface area (Å²) >= 11 is 12.7. The average Bonchev–Trinajstić information content (AvgIpc) is 4.01. The van der Waals surface area contributed by atoms with Crippen molar-refractivity contribution in [2.24, 2.45) is 23.7 Å². The minimum absolute atomic E-state index is 0.791. The second-order valence-electron chi connectivity index (χ2n) is 16.5. The molecule has 2 aliphatic carbocycles. The quantitative estimate of drug-likeness (QED) is 0.0491. The van der Waals surface area contributed by atoms with E-state index in [0.717, 1.165) is 23.7 Å². The molecule has 0 saturated carbocycles. The van der Waals surface area contributed by atoms with Crippen molar-refractivity contribution in [2.45, 2.75) is 158 Å².